The molecule has 1 aliphatic heterocycles. The van der Waals surface area contributed by atoms with Gasteiger partial charge in [-0.05, 0) is 12.8 Å². The van der Waals surface area contributed by atoms with Gasteiger partial charge in [-0.15, -0.1) is 0 Å². The summed E-state index contributed by atoms with van der Waals surface area (Å²) in [6.45, 7) is 2.74. The SMILES string of the molecule is COC(=O)N1CCCC(NC(C)=O)C1. The van der Waals surface area contributed by atoms with Crippen LogP contribution in [0.25, 0.3) is 0 Å². The monoisotopic (exact) mass is 200 g/mol. The van der Waals surface area contributed by atoms with Gasteiger partial charge in [-0.1, -0.05) is 0 Å². The van der Waals surface area contributed by atoms with Gasteiger partial charge in [-0.2, -0.15) is 0 Å². The molecule has 2 amide bonds. The van der Waals surface area contributed by atoms with Crippen LogP contribution in [0.5, 0.6) is 0 Å². The topological polar surface area (TPSA) is 58.6 Å². The molecule has 1 atom stereocenters. The van der Waals surface area contributed by atoms with E-state index < -0.39 is 0 Å². The van der Waals surface area contributed by atoms with Crippen molar-refractivity contribution < 1.29 is 14.3 Å². The Bertz CT molecular complexity index is 230. The molecule has 14 heavy (non-hydrogen) atoms. The fourth-order valence-corrected chi connectivity index (χ4v) is 1.68. The van der Waals surface area contributed by atoms with E-state index in [0.717, 1.165) is 12.8 Å². The number of carbonyl (C=O) groups is 2. The molecular formula is C9H16N2O3. The number of nitrogens with one attached hydrogen (secondary N) is 1. The number of piperidine rings is 1. The minimum absolute atomic E-state index is 0.0540. The summed E-state index contributed by atoms with van der Waals surface area (Å²) in [4.78, 5) is 23.6. The molecule has 0 radical (unpaired) electrons. The van der Waals surface area contributed by atoms with Gasteiger partial charge in [0.1, 0.15) is 0 Å². The van der Waals surface area contributed by atoms with Crippen LogP contribution in [0.1, 0.15) is 19.8 Å². The lowest BCUT2D eigenvalue weighted by molar-refractivity contribution is -0.120. The maximum atomic E-state index is 11.2. The van der Waals surface area contributed by atoms with Crippen molar-refractivity contribution in [3.63, 3.8) is 0 Å². The zero-order valence-corrected chi connectivity index (χ0v) is 8.58. The van der Waals surface area contributed by atoms with Crippen molar-refractivity contribution in [3.05, 3.63) is 0 Å². The molecule has 5 nitrogen and oxygen atoms in total. The Labute approximate surface area is 83.4 Å². The molecule has 1 fully saturated rings. The van der Waals surface area contributed by atoms with Gasteiger partial charge >= 0.3 is 6.09 Å². The van der Waals surface area contributed by atoms with E-state index in [9.17, 15) is 9.59 Å². The Hall–Kier alpha value is -1.26. The lowest BCUT2D eigenvalue weighted by Crippen LogP contribution is -2.49. The van der Waals surface area contributed by atoms with Crippen molar-refractivity contribution in [2.75, 3.05) is 20.2 Å². The zero-order valence-electron chi connectivity index (χ0n) is 8.58. The van der Waals surface area contributed by atoms with E-state index >= 15 is 0 Å². The van der Waals surface area contributed by atoms with Crippen molar-refractivity contribution in [2.45, 2.75) is 25.8 Å². The zero-order chi connectivity index (χ0) is 10.6. The van der Waals surface area contributed by atoms with Crippen LogP contribution in [-0.2, 0) is 9.53 Å². The number of carbonyl (C=O) groups excluding carboxylic acids is 2. The lowest BCUT2D eigenvalue weighted by atomic mass is 10.1. The number of hydrogen-bond donors (Lipinski definition) is 1. The molecule has 0 spiro atoms. The molecule has 1 saturated heterocycles. The quantitative estimate of drug-likeness (QED) is 0.664. The molecule has 0 saturated carbocycles. The first kappa shape index (κ1) is 10.8. The standard InChI is InChI=1S/C9H16N2O3/c1-7(12)10-8-4-3-5-11(6-8)9(13)14-2/h8H,3-6H2,1-2H3,(H,10,12). The van der Waals surface area contributed by atoms with E-state index in [-0.39, 0.29) is 18.0 Å². The molecule has 0 bridgehead atoms. The highest BCUT2D eigenvalue weighted by molar-refractivity contribution is 5.73. The third-order valence-electron chi connectivity index (χ3n) is 2.26. The van der Waals surface area contributed by atoms with Crippen LogP contribution in [-0.4, -0.2) is 43.1 Å². The van der Waals surface area contributed by atoms with Crippen LogP contribution in [0.3, 0.4) is 0 Å². The Morgan fingerprint density at radius 2 is 2.21 bits per heavy atom. The second kappa shape index (κ2) is 4.83. The second-order valence-electron chi connectivity index (χ2n) is 3.46. The number of likely N-dealkylation sites (tertiary alicyclic amines) is 1. The third kappa shape index (κ3) is 2.90. The first-order valence-corrected chi connectivity index (χ1v) is 4.73. The molecule has 1 unspecified atom stereocenters. The van der Waals surface area contributed by atoms with Gasteiger partial charge < -0.3 is 15.0 Å². The summed E-state index contributed by atoms with van der Waals surface area (Å²) in [5.41, 5.74) is 0. The first-order valence-electron chi connectivity index (χ1n) is 4.73. The minimum atomic E-state index is -0.319. The molecule has 0 aliphatic carbocycles. The number of nitrogens with zero attached hydrogens (tertiary/aromatic N) is 1. The van der Waals surface area contributed by atoms with Gasteiger partial charge in [0.15, 0.2) is 0 Å². The Balaban J connectivity index is 2.43. The summed E-state index contributed by atoms with van der Waals surface area (Å²) in [7, 11) is 1.37. The highest BCUT2D eigenvalue weighted by Crippen LogP contribution is 2.10. The van der Waals surface area contributed by atoms with Crippen LogP contribution in [0, 0.1) is 0 Å². The molecule has 1 aliphatic rings. The number of rotatable bonds is 1. The normalized spacial score (nSPS) is 21.6. The smallest absolute Gasteiger partial charge is 0.409 e. The highest BCUT2D eigenvalue weighted by atomic mass is 16.5. The molecular weight excluding hydrogens is 184 g/mol. The van der Waals surface area contributed by atoms with E-state index in [1.54, 1.807) is 4.90 Å². The van der Waals surface area contributed by atoms with Crippen LogP contribution in [0.15, 0.2) is 0 Å². The second-order valence-corrected chi connectivity index (χ2v) is 3.46. The number of amides is 2. The van der Waals surface area contributed by atoms with Crippen molar-refractivity contribution in [3.8, 4) is 0 Å². The Kier molecular flexibility index (Phi) is 3.73. The molecule has 1 N–H and O–H groups in total. The van der Waals surface area contributed by atoms with E-state index in [2.05, 4.69) is 10.1 Å². The Morgan fingerprint density at radius 1 is 1.50 bits per heavy atom. The highest BCUT2D eigenvalue weighted by Gasteiger charge is 2.24. The number of methoxy groups -OCH3 is 1. The Morgan fingerprint density at radius 3 is 2.79 bits per heavy atom. The molecule has 80 valence electrons. The van der Waals surface area contributed by atoms with E-state index in [1.165, 1.54) is 14.0 Å². The maximum absolute atomic E-state index is 11.2. The van der Waals surface area contributed by atoms with Crippen LogP contribution < -0.4 is 5.32 Å². The third-order valence-corrected chi connectivity index (χ3v) is 2.26. The molecule has 0 aromatic heterocycles. The summed E-state index contributed by atoms with van der Waals surface area (Å²) in [6.07, 6.45) is 1.51. The fraction of sp³-hybridized carbons (Fsp3) is 0.778. The van der Waals surface area contributed by atoms with Crippen molar-refractivity contribution in [1.29, 1.82) is 0 Å². The van der Waals surface area contributed by atoms with Gasteiger partial charge in [0, 0.05) is 26.1 Å². The van der Waals surface area contributed by atoms with Crippen molar-refractivity contribution in [1.82, 2.24) is 10.2 Å². The molecule has 1 rings (SSSR count). The predicted molar refractivity (Wildman–Crippen MR) is 50.8 cm³/mol. The number of ether oxygens (including phenoxy) is 1. The van der Waals surface area contributed by atoms with E-state index in [1.807, 2.05) is 0 Å². The number of hydrogen-bond acceptors (Lipinski definition) is 3. The van der Waals surface area contributed by atoms with Crippen molar-refractivity contribution in [2.24, 2.45) is 0 Å². The summed E-state index contributed by atoms with van der Waals surface area (Å²) >= 11 is 0. The fourth-order valence-electron chi connectivity index (χ4n) is 1.68. The van der Waals surface area contributed by atoms with Crippen LogP contribution in [0.4, 0.5) is 4.79 Å². The van der Waals surface area contributed by atoms with Gasteiger partial charge in [-0.25, -0.2) is 4.79 Å². The van der Waals surface area contributed by atoms with Crippen molar-refractivity contribution >= 4 is 12.0 Å². The molecule has 0 aromatic rings. The lowest BCUT2D eigenvalue weighted by Gasteiger charge is -2.31. The minimum Gasteiger partial charge on any atom is -0.453 e. The molecule has 5 heteroatoms. The predicted octanol–water partition coefficient (Wildman–Crippen LogP) is 0.353. The van der Waals surface area contributed by atoms with Crippen LogP contribution >= 0.6 is 0 Å². The van der Waals surface area contributed by atoms with Gasteiger partial charge in [0.05, 0.1) is 7.11 Å². The van der Waals surface area contributed by atoms with Gasteiger partial charge in [0.25, 0.3) is 0 Å². The first-order chi connectivity index (χ1) is 6.63. The summed E-state index contributed by atoms with van der Waals surface area (Å²) < 4.78 is 4.62. The van der Waals surface area contributed by atoms with Gasteiger partial charge in [-0.3, -0.25) is 4.79 Å². The van der Waals surface area contributed by atoms with Gasteiger partial charge in [0.2, 0.25) is 5.91 Å². The maximum Gasteiger partial charge on any atom is 0.409 e. The average molecular weight is 200 g/mol. The molecule has 0 aromatic carbocycles. The largest absolute Gasteiger partial charge is 0.453 e. The van der Waals surface area contributed by atoms with E-state index in [4.69, 9.17) is 0 Å². The summed E-state index contributed by atoms with van der Waals surface area (Å²) in [5, 5.41) is 2.80. The summed E-state index contributed by atoms with van der Waals surface area (Å²) in [6, 6.07) is 0.0698. The average Bonchev–Trinajstić information content (AvgIpc) is 2.16. The van der Waals surface area contributed by atoms with E-state index in [0.29, 0.717) is 13.1 Å². The van der Waals surface area contributed by atoms with Crippen LogP contribution in [0.2, 0.25) is 0 Å². The summed E-state index contributed by atoms with van der Waals surface area (Å²) in [5.74, 6) is -0.0540. The molecule has 1 heterocycles.